The summed E-state index contributed by atoms with van der Waals surface area (Å²) < 4.78 is 10.3. The van der Waals surface area contributed by atoms with Crippen LogP contribution in [0.3, 0.4) is 0 Å². The van der Waals surface area contributed by atoms with E-state index in [4.69, 9.17) is 9.47 Å². The molecule has 0 spiro atoms. The second kappa shape index (κ2) is 8.98. The molecule has 0 radical (unpaired) electrons. The van der Waals surface area contributed by atoms with Crippen LogP contribution in [0.2, 0.25) is 0 Å². The minimum Gasteiger partial charge on any atom is -0.483 e. The monoisotopic (exact) mass is 319 g/mol. The molecular weight excluding hydrogens is 294 g/mol. The molecule has 1 aromatic rings. The molecule has 0 aromatic heterocycles. The summed E-state index contributed by atoms with van der Waals surface area (Å²) in [6.07, 6.45) is 1.62. The summed E-state index contributed by atoms with van der Waals surface area (Å²) in [5.41, 5.74) is 2.04. The van der Waals surface area contributed by atoms with Crippen molar-refractivity contribution in [2.75, 3.05) is 26.8 Å². The standard InChI is InChI=1S/C18H25NO4/c1-6-9-19(11-15(4)18(21)22-5)17(20)12-23-16-10-13(2)7-8-14(16)3/h6-8,10,15H,1,9,11-12H2,2-5H3. The largest absolute Gasteiger partial charge is 0.483 e. The van der Waals surface area contributed by atoms with Gasteiger partial charge in [-0.1, -0.05) is 25.1 Å². The van der Waals surface area contributed by atoms with Gasteiger partial charge in [0.05, 0.1) is 13.0 Å². The highest BCUT2D eigenvalue weighted by Gasteiger charge is 2.21. The topological polar surface area (TPSA) is 55.8 Å². The van der Waals surface area contributed by atoms with E-state index in [1.54, 1.807) is 17.9 Å². The van der Waals surface area contributed by atoms with E-state index >= 15 is 0 Å². The highest BCUT2D eigenvalue weighted by atomic mass is 16.5. The Morgan fingerprint density at radius 1 is 1.35 bits per heavy atom. The van der Waals surface area contributed by atoms with Crippen molar-refractivity contribution in [2.24, 2.45) is 5.92 Å². The van der Waals surface area contributed by atoms with Gasteiger partial charge in [-0.15, -0.1) is 6.58 Å². The van der Waals surface area contributed by atoms with Crippen LogP contribution in [-0.2, 0) is 14.3 Å². The average Bonchev–Trinajstić information content (AvgIpc) is 2.53. The minimum atomic E-state index is -0.399. The average molecular weight is 319 g/mol. The van der Waals surface area contributed by atoms with E-state index in [0.29, 0.717) is 12.3 Å². The summed E-state index contributed by atoms with van der Waals surface area (Å²) in [7, 11) is 1.34. The van der Waals surface area contributed by atoms with E-state index in [0.717, 1.165) is 11.1 Å². The molecule has 5 heteroatoms. The fraction of sp³-hybridized carbons (Fsp3) is 0.444. The Kier molecular flexibility index (Phi) is 7.32. The van der Waals surface area contributed by atoms with Gasteiger partial charge < -0.3 is 14.4 Å². The maximum absolute atomic E-state index is 12.4. The quantitative estimate of drug-likeness (QED) is 0.546. The van der Waals surface area contributed by atoms with Crippen molar-refractivity contribution in [2.45, 2.75) is 20.8 Å². The third kappa shape index (κ3) is 5.77. The molecule has 23 heavy (non-hydrogen) atoms. The Hall–Kier alpha value is -2.30. The lowest BCUT2D eigenvalue weighted by Gasteiger charge is -2.24. The summed E-state index contributed by atoms with van der Waals surface area (Å²) in [6.45, 7) is 9.82. The SMILES string of the molecule is C=CCN(CC(C)C(=O)OC)C(=O)COc1cc(C)ccc1C. The molecule has 0 aliphatic rings. The Labute approximate surface area is 137 Å². The number of carbonyl (C=O) groups is 2. The van der Waals surface area contributed by atoms with Gasteiger partial charge >= 0.3 is 5.97 Å². The number of aryl methyl sites for hydroxylation is 2. The fourth-order valence-electron chi connectivity index (χ4n) is 2.13. The predicted molar refractivity (Wildman–Crippen MR) is 89.4 cm³/mol. The van der Waals surface area contributed by atoms with Gasteiger partial charge in [-0.05, 0) is 31.0 Å². The predicted octanol–water partition coefficient (Wildman–Crippen LogP) is 2.51. The van der Waals surface area contributed by atoms with Gasteiger partial charge in [-0.2, -0.15) is 0 Å². The van der Waals surface area contributed by atoms with Crippen LogP contribution in [0.25, 0.3) is 0 Å². The molecule has 0 heterocycles. The molecule has 0 bridgehead atoms. The Morgan fingerprint density at radius 2 is 2.04 bits per heavy atom. The van der Waals surface area contributed by atoms with Crippen molar-refractivity contribution in [3.63, 3.8) is 0 Å². The smallest absolute Gasteiger partial charge is 0.310 e. The lowest BCUT2D eigenvalue weighted by Crippen LogP contribution is -2.40. The zero-order valence-electron chi connectivity index (χ0n) is 14.3. The van der Waals surface area contributed by atoms with Gasteiger partial charge in [0.1, 0.15) is 5.75 Å². The van der Waals surface area contributed by atoms with Crippen molar-refractivity contribution in [3.05, 3.63) is 42.0 Å². The van der Waals surface area contributed by atoms with Gasteiger partial charge in [0.25, 0.3) is 5.91 Å². The van der Waals surface area contributed by atoms with Crippen LogP contribution >= 0.6 is 0 Å². The Balaban J connectivity index is 2.69. The lowest BCUT2D eigenvalue weighted by atomic mass is 10.1. The second-order valence-electron chi connectivity index (χ2n) is 5.57. The lowest BCUT2D eigenvalue weighted by molar-refractivity contribution is -0.146. The van der Waals surface area contributed by atoms with Crippen LogP contribution in [0.5, 0.6) is 5.75 Å². The Morgan fingerprint density at radius 3 is 2.65 bits per heavy atom. The molecule has 0 N–H and O–H groups in total. The molecule has 1 rings (SSSR count). The molecular formula is C18H25NO4. The summed E-state index contributed by atoms with van der Waals surface area (Å²) >= 11 is 0. The van der Waals surface area contributed by atoms with Gasteiger partial charge in [-0.3, -0.25) is 9.59 Å². The summed E-state index contributed by atoms with van der Waals surface area (Å²) in [6, 6.07) is 5.85. The van der Waals surface area contributed by atoms with Gasteiger partial charge in [-0.25, -0.2) is 0 Å². The molecule has 1 atom stereocenters. The van der Waals surface area contributed by atoms with Crippen molar-refractivity contribution < 1.29 is 19.1 Å². The summed E-state index contributed by atoms with van der Waals surface area (Å²) in [5, 5.41) is 0. The summed E-state index contributed by atoms with van der Waals surface area (Å²) in [4.78, 5) is 25.4. The maximum Gasteiger partial charge on any atom is 0.310 e. The van der Waals surface area contributed by atoms with Crippen molar-refractivity contribution >= 4 is 11.9 Å². The van der Waals surface area contributed by atoms with E-state index in [1.165, 1.54) is 7.11 Å². The first-order valence-corrected chi connectivity index (χ1v) is 7.55. The Bertz CT molecular complexity index is 568. The van der Waals surface area contributed by atoms with Gasteiger partial charge in [0.15, 0.2) is 6.61 Å². The molecule has 5 nitrogen and oxygen atoms in total. The number of methoxy groups -OCH3 is 1. The van der Waals surface area contributed by atoms with Crippen molar-refractivity contribution in [1.29, 1.82) is 0 Å². The third-order valence-corrected chi connectivity index (χ3v) is 3.49. The van der Waals surface area contributed by atoms with Crippen LogP contribution < -0.4 is 4.74 Å². The highest BCUT2D eigenvalue weighted by Crippen LogP contribution is 2.19. The zero-order valence-corrected chi connectivity index (χ0v) is 14.3. The number of carbonyl (C=O) groups excluding carboxylic acids is 2. The zero-order chi connectivity index (χ0) is 17.4. The van der Waals surface area contributed by atoms with Crippen LogP contribution in [0.4, 0.5) is 0 Å². The number of hydrogen-bond donors (Lipinski definition) is 0. The number of rotatable bonds is 8. The first kappa shape index (κ1) is 18.7. The van der Waals surface area contributed by atoms with Crippen molar-refractivity contribution in [1.82, 2.24) is 4.90 Å². The van der Waals surface area contributed by atoms with E-state index in [2.05, 4.69) is 6.58 Å². The minimum absolute atomic E-state index is 0.0774. The first-order valence-electron chi connectivity index (χ1n) is 7.55. The van der Waals surface area contributed by atoms with E-state index in [-0.39, 0.29) is 25.0 Å². The number of amides is 1. The number of ether oxygens (including phenoxy) is 2. The molecule has 1 amide bonds. The molecule has 1 aromatic carbocycles. The first-order chi connectivity index (χ1) is 10.9. The van der Waals surface area contributed by atoms with E-state index in [1.807, 2.05) is 32.0 Å². The van der Waals surface area contributed by atoms with Crippen LogP contribution in [0.1, 0.15) is 18.1 Å². The molecule has 0 fully saturated rings. The molecule has 1 unspecified atom stereocenters. The van der Waals surface area contributed by atoms with Crippen LogP contribution in [0.15, 0.2) is 30.9 Å². The molecule has 0 saturated carbocycles. The van der Waals surface area contributed by atoms with Gasteiger partial charge in [0, 0.05) is 13.1 Å². The normalized spacial score (nSPS) is 11.5. The van der Waals surface area contributed by atoms with Crippen molar-refractivity contribution in [3.8, 4) is 5.75 Å². The van der Waals surface area contributed by atoms with E-state index in [9.17, 15) is 9.59 Å². The van der Waals surface area contributed by atoms with Crippen LogP contribution in [-0.4, -0.2) is 43.6 Å². The highest BCUT2D eigenvalue weighted by molar-refractivity contribution is 5.79. The third-order valence-electron chi connectivity index (χ3n) is 3.49. The fourth-order valence-corrected chi connectivity index (χ4v) is 2.13. The molecule has 126 valence electrons. The number of esters is 1. The molecule has 0 saturated heterocycles. The number of hydrogen-bond acceptors (Lipinski definition) is 4. The number of nitrogens with zero attached hydrogens (tertiary/aromatic N) is 1. The second-order valence-corrected chi connectivity index (χ2v) is 5.57. The van der Waals surface area contributed by atoms with Gasteiger partial charge in [0.2, 0.25) is 0 Å². The maximum atomic E-state index is 12.4. The van der Waals surface area contributed by atoms with E-state index < -0.39 is 5.92 Å². The molecule has 0 aliphatic heterocycles. The molecule has 0 aliphatic carbocycles. The summed E-state index contributed by atoms with van der Waals surface area (Å²) in [5.74, 6) is -0.244. The van der Waals surface area contributed by atoms with Crippen LogP contribution in [0, 0.1) is 19.8 Å². The number of benzene rings is 1.